The van der Waals surface area contributed by atoms with E-state index >= 15 is 0 Å². The average Bonchev–Trinajstić information content (AvgIpc) is 3.65. The van der Waals surface area contributed by atoms with Crippen molar-refractivity contribution in [2.75, 3.05) is 26.2 Å². The lowest BCUT2D eigenvalue weighted by atomic mass is 10.0. The molecular formula is C30H33N5O5. The third-order valence-electron chi connectivity index (χ3n) is 7.26. The van der Waals surface area contributed by atoms with E-state index in [-0.39, 0.29) is 24.4 Å². The highest BCUT2D eigenvalue weighted by atomic mass is 16.5. The van der Waals surface area contributed by atoms with Gasteiger partial charge in [-0.3, -0.25) is 14.5 Å². The molecule has 1 atom stereocenters. The SMILES string of the molecule is COc1ccc(N(C(=O)Cn2nnc3ccccc32)[C@H](C(=O)NC2CCCC2)c2cc(OC)ccc2OC)cc1. The Kier molecular flexibility index (Phi) is 8.14. The van der Waals surface area contributed by atoms with Crippen LogP contribution in [0.1, 0.15) is 37.3 Å². The van der Waals surface area contributed by atoms with Gasteiger partial charge in [-0.1, -0.05) is 30.2 Å². The Hall–Kier alpha value is -4.60. The number of aromatic nitrogens is 3. The number of fused-ring (bicyclic) bond motifs is 1. The Bertz CT molecular complexity index is 1480. The summed E-state index contributed by atoms with van der Waals surface area (Å²) in [7, 11) is 4.67. The number of amides is 2. The van der Waals surface area contributed by atoms with Crippen molar-refractivity contribution >= 4 is 28.5 Å². The van der Waals surface area contributed by atoms with Crippen molar-refractivity contribution in [1.29, 1.82) is 0 Å². The summed E-state index contributed by atoms with van der Waals surface area (Å²) in [6, 6.07) is 18.7. The van der Waals surface area contributed by atoms with Crippen LogP contribution in [-0.4, -0.2) is 54.2 Å². The predicted octanol–water partition coefficient (Wildman–Crippen LogP) is 4.29. The molecule has 0 unspecified atom stereocenters. The highest BCUT2D eigenvalue weighted by molar-refractivity contribution is 6.02. The lowest BCUT2D eigenvalue weighted by Crippen LogP contribution is -2.47. The van der Waals surface area contributed by atoms with Gasteiger partial charge in [0.15, 0.2) is 0 Å². The van der Waals surface area contributed by atoms with Crippen LogP contribution in [0.4, 0.5) is 5.69 Å². The van der Waals surface area contributed by atoms with E-state index in [1.54, 1.807) is 68.5 Å². The fourth-order valence-corrected chi connectivity index (χ4v) is 5.22. The van der Waals surface area contributed by atoms with E-state index in [9.17, 15) is 9.59 Å². The molecule has 0 aliphatic heterocycles. The lowest BCUT2D eigenvalue weighted by molar-refractivity contribution is -0.127. The van der Waals surface area contributed by atoms with E-state index in [2.05, 4.69) is 15.6 Å². The smallest absolute Gasteiger partial charge is 0.249 e. The number of anilines is 1. The Balaban J connectivity index is 1.63. The topological polar surface area (TPSA) is 108 Å². The van der Waals surface area contributed by atoms with Crippen LogP contribution in [0.15, 0.2) is 66.7 Å². The van der Waals surface area contributed by atoms with Gasteiger partial charge in [-0.15, -0.1) is 5.10 Å². The van der Waals surface area contributed by atoms with Gasteiger partial charge in [0.1, 0.15) is 35.4 Å². The van der Waals surface area contributed by atoms with Crippen LogP contribution < -0.4 is 24.4 Å². The summed E-state index contributed by atoms with van der Waals surface area (Å²) in [5.41, 5.74) is 2.42. The molecule has 10 heteroatoms. The first-order valence-electron chi connectivity index (χ1n) is 13.3. The van der Waals surface area contributed by atoms with Crippen molar-refractivity contribution < 1.29 is 23.8 Å². The van der Waals surface area contributed by atoms with Crippen molar-refractivity contribution in [3.8, 4) is 17.2 Å². The lowest BCUT2D eigenvalue weighted by Gasteiger charge is -2.33. The molecule has 1 fully saturated rings. The molecule has 5 rings (SSSR count). The van der Waals surface area contributed by atoms with Crippen LogP contribution in [-0.2, 0) is 16.1 Å². The summed E-state index contributed by atoms with van der Waals surface area (Å²) in [6.07, 6.45) is 3.90. The van der Waals surface area contributed by atoms with E-state index in [1.807, 2.05) is 24.3 Å². The maximum absolute atomic E-state index is 14.3. The van der Waals surface area contributed by atoms with Gasteiger partial charge in [0, 0.05) is 17.3 Å². The van der Waals surface area contributed by atoms with Crippen LogP contribution in [0.5, 0.6) is 17.2 Å². The van der Waals surface area contributed by atoms with Gasteiger partial charge in [0.05, 0.1) is 26.8 Å². The zero-order chi connectivity index (χ0) is 28.1. The molecular weight excluding hydrogens is 510 g/mol. The second kappa shape index (κ2) is 12.1. The molecule has 1 heterocycles. The fourth-order valence-electron chi connectivity index (χ4n) is 5.22. The van der Waals surface area contributed by atoms with E-state index in [0.29, 0.717) is 34.0 Å². The van der Waals surface area contributed by atoms with Crippen LogP contribution >= 0.6 is 0 Å². The highest BCUT2D eigenvalue weighted by Gasteiger charge is 2.37. The summed E-state index contributed by atoms with van der Waals surface area (Å²) in [4.78, 5) is 29.9. The summed E-state index contributed by atoms with van der Waals surface area (Å²) in [6.45, 7) is -0.133. The monoisotopic (exact) mass is 543 g/mol. The molecule has 3 aromatic carbocycles. The van der Waals surface area contributed by atoms with Gasteiger partial charge in [-0.2, -0.15) is 0 Å². The van der Waals surface area contributed by atoms with Crippen molar-refractivity contribution in [1.82, 2.24) is 20.3 Å². The van der Waals surface area contributed by atoms with Crippen LogP contribution in [0.25, 0.3) is 11.0 Å². The van der Waals surface area contributed by atoms with Crippen LogP contribution in [0.3, 0.4) is 0 Å². The maximum atomic E-state index is 14.3. The minimum atomic E-state index is -1.05. The average molecular weight is 544 g/mol. The first kappa shape index (κ1) is 27.0. The fraction of sp³-hybridized carbons (Fsp3) is 0.333. The molecule has 208 valence electrons. The number of benzene rings is 3. The Morgan fingerprint density at radius 1 is 0.950 bits per heavy atom. The molecule has 1 N–H and O–H groups in total. The first-order chi connectivity index (χ1) is 19.5. The number of methoxy groups -OCH3 is 3. The molecule has 40 heavy (non-hydrogen) atoms. The van der Waals surface area contributed by atoms with Gasteiger partial charge in [0.2, 0.25) is 11.8 Å². The zero-order valence-corrected chi connectivity index (χ0v) is 22.9. The highest BCUT2D eigenvalue weighted by Crippen LogP contribution is 2.37. The van der Waals surface area contributed by atoms with Gasteiger partial charge in [0.25, 0.3) is 0 Å². The van der Waals surface area contributed by atoms with E-state index in [0.717, 1.165) is 31.2 Å². The number of rotatable bonds is 10. The predicted molar refractivity (Wildman–Crippen MR) is 151 cm³/mol. The Morgan fingerprint density at radius 2 is 1.65 bits per heavy atom. The van der Waals surface area contributed by atoms with Crippen molar-refractivity contribution in [3.05, 3.63) is 72.3 Å². The quantitative estimate of drug-likeness (QED) is 0.318. The minimum absolute atomic E-state index is 0.0404. The number of para-hydroxylation sites is 1. The summed E-state index contributed by atoms with van der Waals surface area (Å²) in [5.74, 6) is 0.983. The summed E-state index contributed by atoms with van der Waals surface area (Å²) >= 11 is 0. The normalized spacial score (nSPS) is 14.1. The molecule has 1 saturated carbocycles. The van der Waals surface area contributed by atoms with E-state index < -0.39 is 6.04 Å². The Morgan fingerprint density at radius 3 is 2.35 bits per heavy atom. The molecule has 10 nitrogen and oxygen atoms in total. The zero-order valence-electron chi connectivity index (χ0n) is 22.9. The van der Waals surface area contributed by atoms with Gasteiger partial charge >= 0.3 is 0 Å². The summed E-state index contributed by atoms with van der Waals surface area (Å²) < 4.78 is 18.1. The van der Waals surface area contributed by atoms with Gasteiger partial charge < -0.3 is 19.5 Å². The second-order valence-corrected chi connectivity index (χ2v) is 9.70. The van der Waals surface area contributed by atoms with Crippen LogP contribution in [0, 0.1) is 0 Å². The number of hydrogen-bond donors (Lipinski definition) is 1. The first-order valence-corrected chi connectivity index (χ1v) is 13.3. The largest absolute Gasteiger partial charge is 0.497 e. The van der Waals surface area contributed by atoms with E-state index in [4.69, 9.17) is 14.2 Å². The van der Waals surface area contributed by atoms with Crippen LogP contribution in [0.2, 0.25) is 0 Å². The maximum Gasteiger partial charge on any atom is 0.249 e. The Labute approximate surface area is 232 Å². The molecule has 2 amide bonds. The molecule has 0 spiro atoms. The van der Waals surface area contributed by atoms with E-state index in [1.165, 1.54) is 4.90 Å². The minimum Gasteiger partial charge on any atom is -0.497 e. The number of carbonyl (C=O) groups excluding carboxylic acids is 2. The number of nitrogens with zero attached hydrogens (tertiary/aromatic N) is 4. The molecule has 1 aromatic heterocycles. The molecule has 1 aliphatic carbocycles. The van der Waals surface area contributed by atoms with Crippen molar-refractivity contribution in [3.63, 3.8) is 0 Å². The molecule has 4 aromatic rings. The third-order valence-corrected chi connectivity index (χ3v) is 7.26. The van der Waals surface area contributed by atoms with Crippen molar-refractivity contribution in [2.24, 2.45) is 0 Å². The number of carbonyl (C=O) groups is 2. The third kappa shape index (κ3) is 5.56. The molecule has 0 bridgehead atoms. The summed E-state index contributed by atoms with van der Waals surface area (Å²) in [5, 5.41) is 11.6. The van der Waals surface area contributed by atoms with Crippen molar-refractivity contribution in [2.45, 2.75) is 44.3 Å². The number of ether oxygens (including phenoxy) is 3. The molecule has 0 radical (unpaired) electrons. The molecule has 1 aliphatic rings. The number of hydrogen-bond acceptors (Lipinski definition) is 7. The standard InChI is InChI=1S/C30H33N5O5/c1-38-22-14-12-21(13-15-22)35(28(36)19-34-26-11-7-6-10-25(26)32-33-34)29(30(37)31-20-8-4-5-9-20)24-18-23(39-2)16-17-27(24)40-3/h6-7,10-18,20,29H,4-5,8-9,19H2,1-3H3,(H,31,37)/t29-/m0/s1. The van der Waals surface area contributed by atoms with Gasteiger partial charge in [-0.25, -0.2) is 4.68 Å². The molecule has 0 saturated heterocycles. The second-order valence-electron chi connectivity index (χ2n) is 9.70. The number of nitrogens with one attached hydrogen (secondary N) is 1. The van der Waals surface area contributed by atoms with Gasteiger partial charge in [-0.05, 0) is 67.4 Å².